The van der Waals surface area contributed by atoms with Crippen LogP contribution in [0.5, 0.6) is 0 Å². The number of thioether (sulfide) groups is 1. The Bertz CT molecular complexity index is 755. The van der Waals surface area contributed by atoms with Gasteiger partial charge in [0.2, 0.25) is 0 Å². The Morgan fingerprint density at radius 3 is 2.46 bits per heavy atom. The number of carbonyl (C=O) groups is 5. The average molecular weight is 414 g/mol. The Morgan fingerprint density at radius 2 is 1.93 bits per heavy atom. The number of hydrogen-bond acceptors (Lipinski definition) is 8. The van der Waals surface area contributed by atoms with E-state index in [1.165, 1.54) is 18.7 Å². The lowest BCUT2D eigenvalue weighted by Gasteiger charge is -2.49. The van der Waals surface area contributed by atoms with Crippen molar-refractivity contribution in [3.05, 3.63) is 11.3 Å². The Kier molecular flexibility index (Phi) is 6.37. The minimum absolute atomic E-state index is 0.190. The molecule has 2 aliphatic heterocycles. The zero-order valence-corrected chi connectivity index (χ0v) is 16.8. The lowest BCUT2D eigenvalue weighted by atomic mass is 10.0. The summed E-state index contributed by atoms with van der Waals surface area (Å²) < 4.78 is 10.1. The first kappa shape index (κ1) is 21.7. The van der Waals surface area contributed by atoms with Crippen LogP contribution in [0.4, 0.5) is 4.79 Å². The number of amides is 2. The van der Waals surface area contributed by atoms with Crippen LogP contribution in [0, 0.1) is 0 Å². The van der Waals surface area contributed by atoms with E-state index in [1.54, 1.807) is 20.8 Å². The highest BCUT2D eigenvalue weighted by Crippen LogP contribution is 2.40. The van der Waals surface area contributed by atoms with Crippen molar-refractivity contribution in [2.24, 2.45) is 0 Å². The molecule has 2 amide bonds. The second-order valence-corrected chi connectivity index (χ2v) is 8.44. The number of ketones is 1. The number of fused-ring (bicyclic) bond motifs is 1. The smallest absolute Gasteiger partial charge is 0.408 e. The molecule has 0 aromatic carbocycles. The van der Waals surface area contributed by atoms with Gasteiger partial charge in [-0.05, 0) is 27.7 Å². The molecule has 0 spiro atoms. The normalized spacial score (nSPS) is 21.4. The molecular weight excluding hydrogens is 392 g/mol. The Labute approximate surface area is 165 Å². The fourth-order valence-electron chi connectivity index (χ4n) is 2.65. The van der Waals surface area contributed by atoms with Crippen LogP contribution in [0.3, 0.4) is 0 Å². The van der Waals surface area contributed by atoms with E-state index in [0.29, 0.717) is 0 Å². The predicted octanol–water partition coefficient (Wildman–Crippen LogP) is 0.656. The monoisotopic (exact) mass is 414 g/mol. The zero-order valence-electron chi connectivity index (χ0n) is 15.9. The molecule has 10 nitrogen and oxygen atoms in total. The van der Waals surface area contributed by atoms with Crippen LogP contribution in [-0.4, -0.2) is 69.1 Å². The van der Waals surface area contributed by atoms with Gasteiger partial charge in [0.25, 0.3) is 5.91 Å². The summed E-state index contributed by atoms with van der Waals surface area (Å²) in [4.78, 5) is 59.5. The average Bonchev–Trinajstić information content (AvgIpc) is 2.54. The van der Waals surface area contributed by atoms with Crippen LogP contribution in [0.1, 0.15) is 34.1 Å². The number of esters is 1. The van der Waals surface area contributed by atoms with Crippen molar-refractivity contribution in [2.75, 3.05) is 12.4 Å². The van der Waals surface area contributed by atoms with Crippen LogP contribution in [0.2, 0.25) is 0 Å². The second kappa shape index (κ2) is 8.21. The molecule has 2 aliphatic rings. The molecule has 2 N–H and O–H groups in total. The van der Waals surface area contributed by atoms with Crippen molar-refractivity contribution >= 4 is 41.5 Å². The van der Waals surface area contributed by atoms with Crippen LogP contribution < -0.4 is 5.32 Å². The van der Waals surface area contributed by atoms with Gasteiger partial charge in [0, 0.05) is 11.3 Å². The molecule has 1 fully saturated rings. The summed E-state index contributed by atoms with van der Waals surface area (Å²) in [6.45, 7) is 5.95. The highest BCUT2D eigenvalue weighted by molar-refractivity contribution is 8.00. The van der Waals surface area contributed by atoms with Crippen LogP contribution in [0.15, 0.2) is 11.3 Å². The third-order valence-electron chi connectivity index (χ3n) is 3.72. The van der Waals surface area contributed by atoms with Gasteiger partial charge in [-0.3, -0.25) is 19.3 Å². The number of rotatable bonds is 6. The SMILES string of the molecule is CC(=O)CC(=O)OCC1=C(C(=O)O)N2C(=O)[C@@H](NC(=O)OC(C)(C)C)[C@@H]2SC1. The van der Waals surface area contributed by atoms with E-state index < -0.39 is 47.4 Å². The van der Waals surface area contributed by atoms with Crippen molar-refractivity contribution in [3.63, 3.8) is 0 Å². The van der Waals surface area contributed by atoms with Gasteiger partial charge in [0.15, 0.2) is 0 Å². The first-order valence-corrected chi connectivity index (χ1v) is 9.50. The number of alkyl carbamates (subject to hydrolysis) is 1. The summed E-state index contributed by atoms with van der Waals surface area (Å²) in [6, 6.07) is -0.906. The minimum Gasteiger partial charge on any atom is -0.477 e. The molecule has 0 aromatic heterocycles. The number of nitrogens with one attached hydrogen (secondary N) is 1. The van der Waals surface area contributed by atoms with E-state index in [0.717, 1.165) is 4.90 Å². The molecule has 0 saturated carbocycles. The quantitative estimate of drug-likeness (QED) is 0.364. The number of Topliss-reactive ketones (excluding diaryl/α,β-unsaturated/α-hetero) is 1. The first-order chi connectivity index (χ1) is 12.9. The van der Waals surface area contributed by atoms with E-state index >= 15 is 0 Å². The number of carboxylic acid groups (broad SMARTS) is 1. The number of carbonyl (C=O) groups excluding carboxylic acids is 4. The van der Waals surface area contributed by atoms with Crippen LogP contribution >= 0.6 is 11.8 Å². The van der Waals surface area contributed by atoms with Gasteiger partial charge in [-0.25, -0.2) is 9.59 Å². The number of β-lactam (4-membered cyclic amide) rings is 1. The van der Waals surface area contributed by atoms with Crippen molar-refractivity contribution in [1.29, 1.82) is 0 Å². The van der Waals surface area contributed by atoms with Gasteiger partial charge in [0.05, 0.1) is 0 Å². The van der Waals surface area contributed by atoms with E-state index in [4.69, 9.17) is 9.47 Å². The highest BCUT2D eigenvalue weighted by atomic mass is 32.2. The van der Waals surface area contributed by atoms with Crippen molar-refractivity contribution in [1.82, 2.24) is 10.2 Å². The molecule has 0 unspecified atom stereocenters. The van der Waals surface area contributed by atoms with Gasteiger partial charge in [0.1, 0.15) is 41.5 Å². The van der Waals surface area contributed by atoms with Gasteiger partial charge < -0.3 is 19.9 Å². The predicted molar refractivity (Wildman–Crippen MR) is 97.2 cm³/mol. The number of nitrogens with zero attached hydrogens (tertiary/aromatic N) is 1. The molecule has 11 heteroatoms. The molecule has 0 aromatic rings. The lowest BCUT2D eigenvalue weighted by Crippen LogP contribution is -2.70. The Morgan fingerprint density at radius 1 is 1.29 bits per heavy atom. The topological polar surface area (TPSA) is 139 Å². The molecule has 0 radical (unpaired) electrons. The number of carboxylic acids is 1. The van der Waals surface area contributed by atoms with Crippen molar-refractivity contribution in [2.45, 2.75) is 51.1 Å². The largest absolute Gasteiger partial charge is 0.477 e. The summed E-state index contributed by atoms with van der Waals surface area (Å²) in [5.41, 5.74) is -0.763. The second-order valence-electron chi connectivity index (χ2n) is 7.33. The minimum atomic E-state index is -1.34. The van der Waals surface area contributed by atoms with E-state index in [2.05, 4.69) is 5.32 Å². The van der Waals surface area contributed by atoms with Gasteiger partial charge >= 0.3 is 18.0 Å². The third kappa shape index (κ3) is 5.03. The van der Waals surface area contributed by atoms with Gasteiger partial charge in [-0.15, -0.1) is 11.8 Å². The molecular formula is C17H22N2O8S. The number of aliphatic carboxylic acids is 1. The fraction of sp³-hybridized carbons (Fsp3) is 0.588. The van der Waals surface area contributed by atoms with Crippen LogP contribution in [0.25, 0.3) is 0 Å². The van der Waals surface area contributed by atoms with E-state index in [-0.39, 0.29) is 29.4 Å². The number of ether oxygens (including phenoxy) is 2. The van der Waals surface area contributed by atoms with Crippen molar-refractivity contribution < 1.29 is 38.6 Å². The van der Waals surface area contributed by atoms with E-state index in [1.807, 2.05) is 0 Å². The molecule has 2 atom stereocenters. The van der Waals surface area contributed by atoms with Crippen LogP contribution in [-0.2, 0) is 28.7 Å². The third-order valence-corrected chi connectivity index (χ3v) is 5.06. The fourth-order valence-corrected chi connectivity index (χ4v) is 3.98. The standard InChI is InChI=1S/C17H22N2O8S/c1-8(20)5-10(21)26-6-9-7-28-14-11(18-16(25)27-17(2,3)4)13(22)19(14)12(9)15(23)24/h11,14H,5-7H2,1-4H3,(H,18,25)(H,23,24)/t11-,14+/m1/s1. The first-order valence-electron chi connectivity index (χ1n) is 8.45. The summed E-state index contributed by atoms with van der Waals surface area (Å²) in [5, 5.41) is 11.4. The number of hydrogen-bond donors (Lipinski definition) is 2. The summed E-state index contributed by atoms with van der Waals surface area (Å²) in [7, 11) is 0. The van der Waals surface area contributed by atoms with E-state index in [9.17, 15) is 29.1 Å². The molecule has 28 heavy (non-hydrogen) atoms. The molecule has 2 rings (SSSR count). The maximum atomic E-state index is 12.4. The highest BCUT2D eigenvalue weighted by Gasteiger charge is 2.54. The maximum Gasteiger partial charge on any atom is 0.408 e. The molecule has 1 saturated heterocycles. The van der Waals surface area contributed by atoms with Gasteiger partial charge in [-0.1, -0.05) is 0 Å². The Hall–Kier alpha value is -2.56. The summed E-state index contributed by atoms with van der Waals surface area (Å²) in [5.74, 6) is -2.88. The Balaban J connectivity index is 2.08. The zero-order chi connectivity index (χ0) is 21.2. The maximum absolute atomic E-state index is 12.4. The van der Waals surface area contributed by atoms with Crippen molar-refractivity contribution in [3.8, 4) is 0 Å². The van der Waals surface area contributed by atoms with Gasteiger partial charge in [-0.2, -0.15) is 0 Å². The molecule has 0 bridgehead atoms. The molecule has 0 aliphatic carbocycles. The molecule has 2 heterocycles. The summed E-state index contributed by atoms with van der Waals surface area (Å²) in [6.07, 6.45) is -1.17. The summed E-state index contributed by atoms with van der Waals surface area (Å²) >= 11 is 1.23. The molecule has 154 valence electrons. The lowest BCUT2D eigenvalue weighted by molar-refractivity contribution is -0.149.